The Labute approximate surface area is 172 Å². The molecule has 156 valence electrons. The highest BCUT2D eigenvalue weighted by atomic mass is 32.1. The first kappa shape index (κ1) is 21.1. The zero-order valence-corrected chi connectivity index (χ0v) is 17.8. The second kappa shape index (κ2) is 9.73. The van der Waals surface area contributed by atoms with Gasteiger partial charge in [-0.05, 0) is 44.1 Å². The predicted molar refractivity (Wildman–Crippen MR) is 114 cm³/mol. The Hall–Kier alpha value is -1.61. The van der Waals surface area contributed by atoms with Gasteiger partial charge in [0, 0.05) is 37.8 Å². The van der Waals surface area contributed by atoms with E-state index in [0.29, 0.717) is 17.0 Å². The zero-order valence-electron chi connectivity index (χ0n) is 17.0. The molecule has 2 N–H and O–H groups in total. The van der Waals surface area contributed by atoms with Gasteiger partial charge in [-0.15, -0.1) is 0 Å². The molecule has 0 bridgehead atoms. The molecule has 0 spiro atoms. The fourth-order valence-electron chi connectivity index (χ4n) is 4.02. The summed E-state index contributed by atoms with van der Waals surface area (Å²) in [5.41, 5.74) is 0.842. The van der Waals surface area contributed by atoms with Crippen molar-refractivity contribution >= 4 is 23.0 Å². The number of ether oxygens (including phenoxy) is 4. The molecule has 1 aromatic rings. The number of hydrogen-bond acceptors (Lipinski definition) is 6. The first-order chi connectivity index (χ1) is 13.6. The highest BCUT2D eigenvalue weighted by molar-refractivity contribution is 7.80. The maximum atomic E-state index is 5.82. The van der Waals surface area contributed by atoms with Crippen molar-refractivity contribution in [1.29, 1.82) is 0 Å². The van der Waals surface area contributed by atoms with Crippen molar-refractivity contribution in [3.8, 4) is 11.5 Å². The van der Waals surface area contributed by atoms with Gasteiger partial charge in [-0.2, -0.15) is 0 Å². The number of hydrogen-bond donors (Lipinski definition) is 2. The third kappa shape index (κ3) is 4.86. The minimum Gasteiger partial charge on any atom is -0.497 e. The summed E-state index contributed by atoms with van der Waals surface area (Å²) in [6.45, 7) is 7.04. The number of rotatable bonds is 8. The summed E-state index contributed by atoms with van der Waals surface area (Å²) in [5, 5.41) is 7.21. The lowest BCUT2D eigenvalue weighted by Crippen LogP contribution is -2.67. The van der Waals surface area contributed by atoms with E-state index in [1.54, 1.807) is 14.2 Å². The van der Waals surface area contributed by atoms with Crippen molar-refractivity contribution in [2.75, 3.05) is 59.0 Å². The van der Waals surface area contributed by atoms with Gasteiger partial charge in [0.25, 0.3) is 0 Å². The molecular formula is C20H31N3O4S. The fraction of sp³-hybridized carbons (Fsp3) is 0.650. The summed E-state index contributed by atoms with van der Waals surface area (Å²) in [5.74, 6) is 1.46. The minimum atomic E-state index is 0.0633. The standard InChI is InChI=1S/C20H31N3O4S/c1-4-27-16-12-20(13-16,23-7-9-26-10-8-23)14-21-19(28)22-17-11-15(24-2)5-6-18(17)25-3/h5-6,11,16H,4,7-10,12-14H2,1-3H3,(H2,21,22,28). The smallest absolute Gasteiger partial charge is 0.170 e. The topological polar surface area (TPSA) is 64.2 Å². The van der Waals surface area contributed by atoms with Gasteiger partial charge in [0.05, 0.1) is 39.2 Å². The summed E-state index contributed by atoms with van der Waals surface area (Å²) in [6, 6.07) is 5.59. The van der Waals surface area contributed by atoms with E-state index >= 15 is 0 Å². The van der Waals surface area contributed by atoms with Gasteiger partial charge in [0.2, 0.25) is 0 Å². The SMILES string of the molecule is CCOC1CC(CNC(=S)Nc2cc(OC)ccc2OC)(N2CCOCC2)C1. The maximum Gasteiger partial charge on any atom is 0.170 e. The monoisotopic (exact) mass is 409 g/mol. The minimum absolute atomic E-state index is 0.0633. The van der Waals surface area contributed by atoms with Crippen LogP contribution in [-0.2, 0) is 9.47 Å². The van der Waals surface area contributed by atoms with Gasteiger partial charge in [-0.25, -0.2) is 0 Å². The van der Waals surface area contributed by atoms with Crippen LogP contribution in [0.2, 0.25) is 0 Å². The van der Waals surface area contributed by atoms with E-state index < -0.39 is 0 Å². The van der Waals surface area contributed by atoms with E-state index in [1.165, 1.54) is 0 Å². The van der Waals surface area contributed by atoms with E-state index in [0.717, 1.165) is 63.7 Å². The molecule has 3 rings (SSSR count). The predicted octanol–water partition coefficient (Wildman–Crippen LogP) is 2.26. The lowest BCUT2D eigenvalue weighted by atomic mass is 9.72. The highest BCUT2D eigenvalue weighted by Crippen LogP contribution is 2.40. The van der Waals surface area contributed by atoms with E-state index in [2.05, 4.69) is 15.5 Å². The zero-order chi connectivity index (χ0) is 20.0. The number of methoxy groups -OCH3 is 2. The molecule has 0 amide bonds. The van der Waals surface area contributed by atoms with Crippen LogP contribution in [0.25, 0.3) is 0 Å². The Morgan fingerprint density at radius 2 is 2.00 bits per heavy atom. The number of nitrogens with zero attached hydrogens (tertiary/aromatic N) is 1. The molecule has 1 aliphatic carbocycles. The number of anilines is 1. The van der Waals surface area contributed by atoms with E-state index in [4.69, 9.17) is 31.2 Å². The Balaban J connectivity index is 1.61. The summed E-state index contributed by atoms with van der Waals surface area (Å²) in [7, 11) is 3.28. The van der Waals surface area contributed by atoms with Crippen LogP contribution in [0.5, 0.6) is 11.5 Å². The Morgan fingerprint density at radius 3 is 2.64 bits per heavy atom. The molecule has 28 heavy (non-hydrogen) atoms. The van der Waals surface area contributed by atoms with Crippen LogP contribution < -0.4 is 20.1 Å². The third-order valence-corrected chi connectivity index (χ3v) is 5.78. The van der Waals surface area contributed by atoms with Gasteiger partial charge in [-0.3, -0.25) is 4.90 Å². The van der Waals surface area contributed by atoms with Gasteiger partial charge in [0.15, 0.2) is 5.11 Å². The van der Waals surface area contributed by atoms with Gasteiger partial charge in [-0.1, -0.05) is 0 Å². The van der Waals surface area contributed by atoms with Crippen molar-refractivity contribution in [2.45, 2.75) is 31.4 Å². The van der Waals surface area contributed by atoms with Gasteiger partial charge >= 0.3 is 0 Å². The lowest BCUT2D eigenvalue weighted by Gasteiger charge is -2.55. The third-order valence-electron chi connectivity index (χ3n) is 5.53. The molecule has 1 aliphatic heterocycles. The van der Waals surface area contributed by atoms with E-state index in [-0.39, 0.29) is 5.54 Å². The van der Waals surface area contributed by atoms with Gasteiger partial charge in [0.1, 0.15) is 11.5 Å². The van der Waals surface area contributed by atoms with Gasteiger partial charge < -0.3 is 29.6 Å². The average Bonchev–Trinajstić information content (AvgIpc) is 2.70. The molecule has 2 aliphatic rings. The van der Waals surface area contributed by atoms with Crippen LogP contribution in [0.4, 0.5) is 5.69 Å². The summed E-state index contributed by atoms with van der Waals surface area (Å²) in [4.78, 5) is 2.52. The molecule has 1 saturated heterocycles. The highest BCUT2D eigenvalue weighted by Gasteiger charge is 2.49. The first-order valence-corrected chi connectivity index (χ1v) is 10.2. The normalized spacial score (nSPS) is 24.9. The molecule has 0 unspecified atom stereocenters. The Kier molecular flexibility index (Phi) is 7.34. The molecule has 0 atom stereocenters. The molecule has 0 aromatic heterocycles. The number of thiocarbonyl (C=S) groups is 1. The van der Waals surface area contributed by atoms with Crippen LogP contribution in [-0.4, -0.2) is 75.3 Å². The number of benzene rings is 1. The Bertz CT molecular complexity index is 661. The van der Waals surface area contributed by atoms with E-state index in [9.17, 15) is 0 Å². The summed E-state index contributed by atoms with van der Waals surface area (Å²) >= 11 is 5.55. The molecule has 1 heterocycles. The van der Waals surface area contributed by atoms with Crippen LogP contribution in [0, 0.1) is 0 Å². The molecule has 8 heteroatoms. The quantitative estimate of drug-likeness (QED) is 0.634. The van der Waals surface area contributed by atoms with Crippen molar-refractivity contribution in [3.05, 3.63) is 18.2 Å². The van der Waals surface area contributed by atoms with Crippen molar-refractivity contribution in [1.82, 2.24) is 10.2 Å². The second-order valence-electron chi connectivity index (χ2n) is 7.18. The maximum absolute atomic E-state index is 5.82. The lowest BCUT2D eigenvalue weighted by molar-refractivity contribution is -0.124. The number of morpholine rings is 1. The number of nitrogens with one attached hydrogen (secondary N) is 2. The Morgan fingerprint density at radius 1 is 1.25 bits per heavy atom. The van der Waals surface area contributed by atoms with Crippen LogP contribution >= 0.6 is 12.2 Å². The first-order valence-electron chi connectivity index (χ1n) is 9.81. The molecule has 1 aromatic carbocycles. The molecule has 2 fully saturated rings. The molecule has 1 saturated carbocycles. The van der Waals surface area contributed by atoms with E-state index in [1.807, 2.05) is 25.1 Å². The average molecular weight is 410 g/mol. The van der Waals surface area contributed by atoms with Crippen molar-refractivity contribution < 1.29 is 18.9 Å². The fourth-order valence-corrected chi connectivity index (χ4v) is 4.20. The van der Waals surface area contributed by atoms with Crippen LogP contribution in [0.15, 0.2) is 18.2 Å². The summed E-state index contributed by atoms with van der Waals surface area (Å²) in [6.07, 6.45) is 2.35. The summed E-state index contributed by atoms with van der Waals surface area (Å²) < 4.78 is 22.1. The molecular weight excluding hydrogens is 378 g/mol. The van der Waals surface area contributed by atoms with Crippen molar-refractivity contribution in [3.63, 3.8) is 0 Å². The van der Waals surface area contributed by atoms with Crippen molar-refractivity contribution in [2.24, 2.45) is 0 Å². The van der Waals surface area contributed by atoms with Crippen LogP contribution in [0.3, 0.4) is 0 Å². The largest absolute Gasteiger partial charge is 0.497 e. The second-order valence-corrected chi connectivity index (χ2v) is 7.59. The molecule has 7 nitrogen and oxygen atoms in total. The van der Waals surface area contributed by atoms with Crippen LogP contribution in [0.1, 0.15) is 19.8 Å². The molecule has 0 radical (unpaired) electrons.